The van der Waals surface area contributed by atoms with E-state index in [1.807, 2.05) is 37.7 Å². The van der Waals surface area contributed by atoms with Crippen molar-refractivity contribution in [1.82, 2.24) is 14.9 Å². The Morgan fingerprint density at radius 1 is 1.07 bits per heavy atom. The maximum atomic E-state index is 12.2. The molecule has 0 bridgehead atoms. The second kappa shape index (κ2) is 9.05. The van der Waals surface area contributed by atoms with Crippen LogP contribution in [0.25, 0.3) is 0 Å². The van der Waals surface area contributed by atoms with Crippen LogP contribution in [0, 0.1) is 13.8 Å². The summed E-state index contributed by atoms with van der Waals surface area (Å²) >= 11 is 0. The third-order valence-electron chi connectivity index (χ3n) is 4.32. The Kier molecular flexibility index (Phi) is 6.29. The van der Waals surface area contributed by atoms with Crippen LogP contribution in [0.15, 0.2) is 54.9 Å². The van der Waals surface area contributed by atoms with Gasteiger partial charge in [-0.05, 0) is 50.2 Å². The summed E-state index contributed by atoms with van der Waals surface area (Å²) in [5.41, 5.74) is 3.18. The molecule has 0 unspecified atom stereocenters. The Balaban J connectivity index is 1.47. The van der Waals surface area contributed by atoms with Gasteiger partial charge in [0.2, 0.25) is 5.91 Å². The van der Waals surface area contributed by atoms with Crippen molar-refractivity contribution in [2.24, 2.45) is 7.05 Å². The van der Waals surface area contributed by atoms with Gasteiger partial charge in [0.25, 0.3) is 5.91 Å². The second-order valence-corrected chi connectivity index (χ2v) is 6.87. The molecule has 7 nitrogen and oxygen atoms in total. The SMILES string of the molecule is Cc1cc(C)cc(C(=O)NCC(=O)Nc2ccc(OCc3nccn3C)cc2)c1. The molecule has 1 aromatic heterocycles. The van der Waals surface area contributed by atoms with Crippen molar-refractivity contribution in [3.63, 3.8) is 0 Å². The summed E-state index contributed by atoms with van der Waals surface area (Å²) < 4.78 is 7.58. The van der Waals surface area contributed by atoms with Crippen molar-refractivity contribution in [2.45, 2.75) is 20.5 Å². The number of nitrogens with one attached hydrogen (secondary N) is 2. The van der Waals surface area contributed by atoms with E-state index in [0.717, 1.165) is 17.0 Å². The zero-order valence-corrected chi connectivity index (χ0v) is 16.7. The number of aromatic nitrogens is 2. The predicted molar refractivity (Wildman–Crippen MR) is 111 cm³/mol. The molecule has 0 aliphatic carbocycles. The molecule has 0 radical (unpaired) electrons. The fourth-order valence-electron chi connectivity index (χ4n) is 2.89. The number of imidazole rings is 1. The monoisotopic (exact) mass is 392 g/mol. The molecule has 0 saturated heterocycles. The van der Waals surface area contributed by atoms with Gasteiger partial charge in [-0.1, -0.05) is 17.2 Å². The van der Waals surface area contributed by atoms with E-state index in [0.29, 0.717) is 23.6 Å². The smallest absolute Gasteiger partial charge is 0.251 e. The summed E-state index contributed by atoms with van der Waals surface area (Å²) in [7, 11) is 1.91. The van der Waals surface area contributed by atoms with Gasteiger partial charge in [0.15, 0.2) is 0 Å². The van der Waals surface area contributed by atoms with E-state index in [2.05, 4.69) is 15.6 Å². The van der Waals surface area contributed by atoms with Crippen LogP contribution in [0.4, 0.5) is 5.69 Å². The zero-order valence-electron chi connectivity index (χ0n) is 16.7. The summed E-state index contributed by atoms with van der Waals surface area (Å²) in [6, 6.07) is 12.6. The lowest BCUT2D eigenvalue weighted by Crippen LogP contribution is -2.32. The van der Waals surface area contributed by atoms with Crippen molar-refractivity contribution in [2.75, 3.05) is 11.9 Å². The van der Waals surface area contributed by atoms with E-state index in [-0.39, 0.29) is 18.4 Å². The lowest BCUT2D eigenvalue weighted by molar-refractivity contribution is -0.115. The summed E-state index contributed by atoms with van der Waals surface area (Å²) in [5, 5.41) is 5.39. The summed E-state index contributed by atoms with van der Waals surface area (Å²) in [6.07, 6.45) is 3.58. The summed E-state index contributed by atoms with van der Waals surface area (Å²) in [5.74, 6) is 0.922. The molecular formula is C22H24N4O3. The van der Waals surface area contributed by atoms with Crippen molar-refractivity contribution in [3.05, 3.63) is 77.4 Å². The first kappa shape index (κ1) is 20.1. The zero-order chi connectivity index (χ0) is 20.8. The van der Waals surface area contributed by atoms with Crippen LogP contribution in [-0.2, 0) is 18.4 Å². The first-order valence-corrected chi connectivity index (χ1v) is 9.26. The van der Waals surface area contributed by atoms with Gasteiger partial charge >= 0.3 is 0 Å². The maximum absolute atomic E-state index is 12.2. The Morgan fingerprint density at radius 2 is 1.76 bits per heavy atom. The van der Waals surface area contributed by atoms with Gasteiger partial charge in [0.05, 0.1) is 6.54 Å². The molecule has 2 aromatic carbocycles. The molecule has 0 aliphatic rings. The average Bonchev–Trinajstić information content (AvgIpc) is 3.09. The normalized spacial score (nSPS) is 10.4. The predicted octanol–water partition coefficient (Wildman–Crippen LogP) is 2.98. The van der Waals surface area contributed by atoms with Crippen molar-refractivity contribution < 1.29 is 14.3 Å². The van der Waals surface area contributed by atoms with E-state index >= 15 is 0 Å². The van der Waals surface area contributed by atoms with Crippen molar-refractivity contribution in [3.8, 4) is 5.75 Å². The fourth-order valence-corrected chi connectivity index (χ4v) is 2.89. The van der Waals surface area contributed by atoms with Crippen LogP contribution in [0.3, 0.4) is 0 Å². The minimum absolute atomic E-state index is 0.108. The van der Waals surface area contributed by atoms with Gasteiger partial charge in [0, 0.05) is 30.7 Å². The highest BCUT2D eigenvalue weighted by Crippen LogP contribution is 2.16. The highest BCUT2D eigenvalue weighted by molar-refractivity contribution is 5.99. The minimum atomic E-state index is -0.301. The molecule has 0 fully saturated rings. The van der Waals surface area contributed by atoms with E-state index in [1.165, 1.54) is 0 Å². The van der Waals surface area contributed by atoms with Crippen LogP contribution in [0.1, 0.15) is 27.3 Å². The number of benzene rings is 2. The topological polar surface area (TPSA) is 85.2 Å². The van der Waals surface area contributed by atoms with Crippen LogP contribution < -0.4 is 15.4 Å². The van der Waals surface area contributed by atoms with Gasteiger partial charge in [-0.3, -0.25) is 9.59 Å². The van der Waals surface area contributed by atoms with Gasteiger partial charge < -0.3 is 19.9 Å². The molecule has 0 spiro atoms. The number of aryl methyl sites for hydroxylation is 3. The number of rotatable bonds is 7. The molecule has 3 aromatic rings. The van der Waals surface area contributed by atoms with Gasteiger partial charge in [0.1, 0.15) is 18.2 Å². The number of anilines is 1. The summed E-state index contributed by atoms with van der Waals surface area (Å²) in [4.78, 5) is 28.5. The number of ether oxygens (including phenoxy) is 1. The number of amides is 2. The number of carbonyl (C=O) groups excluding carboxylic acids is 2. The fraction of sp³-hybridized carbons (Fsp3) is 0.227. The number of nitrogens with zero attached hydrogens (tertiary/aromatic N) is 2. The maximum Gasteiger partial charge on any atom is 0.251 e. The molecule has 150 valence electrons. The molecule has 0 aliphatic heterocycles. The highest BCUT2D eigenvalue weighted by atomic mass is 16.5. The van der Waals surface area contributed by atoms with E-state index in [1.54, 1.807) is 42.6 Å². The molecule has 2 amide bonds. The number of hydrogen-bond acceptors (Lipinski definition) is 4. The van der Waals surface area contributed by atoms with E-state index in [9.17, 15) is 9.59 Å². The third-order valence-corrected chi connectivity index (χ3v) is 4.32. The first-order valence-electron chi connectivity index (χ1n) is 9.26. The molecule has 0 atom stereocenters. The van der Waals surface area contributed by atoms with Gasteiger partial charge in [-0.25, -0.2) is 4.98 Å². The van der Waals surface area contributed by atoms with Crippen LogP contribution in [0.2, 0.25) is 0 Å². The second-order valence-electron chi connectivity index (χ2n) is 6.87. The lowest BCUT2D eigenvalue weighted by atomic mass is 10.1. The number of carbonyl (C=O) groups is 2. The molecule has 29 heavy (non-hydrogen) atoms. The third kappa shape index (κ3) is 5.68. The Hall–Kier alpha value is -3.61. The Morgan fingerprint density at radius 3 is 2.38 bits per heavy atom. The first-order chi connectivity index (χ1) is 13.9. The molecule has 2 N–H and O–H groups in total. The van der Waals surface area contributed by atoms with E-state index in [4.69, 9.17) is 4.74 Å². The quantitative estimate of drug-likeness (QED) is 0.647. The van der Waals surface area contributed by atoms with Gasteiger partial charge in [-0.15, -0.1) is 0 Å². The molecule has 0 saturated carbocycles. The van der Waals surface area contributed by atoms with Crippen molar-refractivity contribution >= 4 is 17.5 Å². The summed E-state index contributed by atoms with van der Waals surface area (Å²) in [6.45, 7) is 4.11. The molecule has 1 heterocycles. The van der Waals surface area contributed by atoms with Gasteiger partial charge in [-0.2, -0.15) is 0 Å². The molecule has 7 heteroatoms. The highest BCUT2D eigenvalue weighted by Gasteiger charge is 2.09. The van der Waals surface area contributed by atoms with Crippen LogP contribution >= 0.6 is 0 Å². The lowest BCUT2D eigenvalue weighted by Gasteiger charge is -2.10. The van der Waals surface area contributed by atoms with Crippen LogP contribution in [0.5, 0.6) is 5.75 Å². The molecule has 3 rings (SSSR count). The average molecular weight is 392 g/mol. The largest absolute Gasteiger partial charge is 0.486 e. The standard InChI is InChI=1S/C22H24N4O3/c1-15-10-16(2)12-17(11-15)22(28)24-13-21(27)25-18-4-6-19(7-5-18)29-14-20-23-8-9-26(20)3/h4-12H,13-14H2,1-3H3,(H,24,28)(H,25,27). The minimum Gasteiger partial charge on any atom is -0.486 e. The number of hydrogen-bond donors (Lipinski definition) is 2. The van der Waals surface area contributed by atoms with Crippen LogP contribution in [-0.4, -0.2) is 27.9 Å². The Labute approximate surface area is 169 Å². The van der Waals surface area contributed by atoms with E-state index < -0.39 is 0 Å². The Bertz CT molecular complexity index is 989. The van der Waals surface area contributed by atoms with Crippen molar-refractivity contribution in [1.29, 1.82) is 0 Å². The molecular weight excluding hydrogens is 368 g/mol.